The summed E-state index contributed by atoms with van der Waals surface area (Å²) in [5.41, 5.74) is 0. The minimum absolute atomic E-state index is 0.0187. The SMILES string of the molecule is CCCCC/C=C\C/C=C\CCCCCCCCCCCC(=O)OCCCCCCCCCCCCCCCCCCCCCCCCCCCCCCCCCCCC(=O)NC(CO)C(O)/C=C/CCCCCCCCCCCCCCCCCCCCCCCCC. The number of nitrogens with one attached hydrogen (secondary N) is 1. The predicted molar refractivity (Wildman–Crippen MR) is 416 cm³/mol. The molecule has 0 spiro atoms. The average molecular weight is 1320 g/mol. The molecule has 0 rings (SSSR count). The van der Waals surface area contributed by atoms with E-state index in [0.29, 0.717) is 19.4 Å². The van der Waals surface area contributed by atoms with Crippen LogP contribution in [0.4, 0.5) is 0 Å². The van der Waals surface area contributed by atoms with Crippen molar-refractivity contribution in [3.8, 4) is 0 Å². The number of rotatable bonds is 82. The summed E-state index contributed by atoms with van der Waals surface area (Å²) in [7, 11) is 0. The van der Waals surface area contributed by atoms with Crippen LogP contribution in [0, 0.1) is 0 Å². The van der Waals surface area contributed by atoms with Crippen molar-refractivity contribution in [2.45, 2.75) is 501 Å². The van der Waals surface area contributed by atoms with Crippen LogP contribution < -0.4 is 5.32 Å². The molecule has 3 N–H and O–H groups in total. The lowest BCUT2D eigenvalue weighted by molar-refractivity contribution is -0.143. The Kier molecular flexibility index (Phi) is 81.8. The normalized spacial score (nSPS) is 12.6. The second-order valence-electron chi connectivity index (χ2n) is 29.9. The zero-order valence-electron chi connectivity index (χ0n) is 64.0. The summed E-state index contributed by atoms with van der Waals surface area (Å²) >= 11 is 0. The van der Waals surface area contributed by atoms with Crippen LogP contribution >= 0.6 is 0 Å². The third-order valence-electron chi connectivity index (χ3n) is 20.4. The predicted octanol–water partition coefficient (Wildman–Crippen LogP) is 28.9. The quantitative estimate of drug-likeness (QED) is 0.0320. The molecule has 1 amide bonds. The van der Waals surface area contributed by atoms with E-state index in [-0.39, 0.29) is 18.5 Å². The van der Waals surface area contributed by atoms with E-state index in [2.05, 4.69) is 43.5 Å². The number of unbranched alkanes of at least 4 members (excludes halogenated alkanes) is 67. The van der Waals surface area contributed by atoms with E-state index < -0.39 is 12.1 Å². The van der Waals surface area contributed by atoms with Crippen molar-refractivity contribution in [1.82, 2.24) is 5.32 Å². The lowest BCUT2D eigenvalue weighted by Crippen LogP contribution is -2.45. The van der Waals surface area contributed by atoms with Gasteiger partial charge in [-0.25, -0.2) is 0 Å². The summed E-state index contributed by atoms with van der Waals surface area (Å²) in [6, 6.07) is -0.626. The van der Waals surface area contributed by atoms with Crippen molar-refractivity contribution < 1.29 is 24.5 Å². The van der Waals surface area contributed by atoms with E-state index in [1.54, 1.807) is 6.08 Å². The van der Waals surface area contributed by atoms with Crippen molar-refractivity contribution in [2.24, 2.45) is 0 Å². The van der Waals surface area contributed by atoms with Crippen LogP contribution in [0.15, 0.2) is 36.5 Å². The van der Waals surface area contributed by atoms with Gasteiger partial charge in [0.1, 0.15) is 0 Å². The van der Waals surface area contributed by atoms with E-state index >= 15 is 0 Å². The highest BCUT2D eigenvalue weighted by Crippen LogP contribution is 2.21. The van der Waals surface area contributed by atoms with Crippen LogP contribution in [0.1, 0.15) is 489 Å². The minimum Gasteiger partial charge on any atom is -0.466 e. The molecule has 0 fully saturated rings. The van der Waals surface area contributed by atoms with Crippen molar-refractivity contribution in [3.05, 3.63) is 36.5 Å². The average Bonchev–Trinajstić information content (AvgIpc) is 3.70. The Bertz CT molecular complexity index is 1520. The number of aliphatic hydroxyl groups excluding tert-OH is 2. The van der Waals surface area contributed by atoms with Gasteiger partial charge < -0.3 is 20.3 Å². The number of amides is 1. The number of hydrogen-bond acceptors (Lipinski definition) is 5. The third kappa shape index (κ3) is 79.1. The molecule has 0 aliphatic heterocycles. The molecular weight excluding hydrogens is 1150 g/mol. The molecule has 6 heteroatoms. The standard InChI is InChI=1S/C88H169NO5/c1-3-5-7-9-11-13-15-17-19-21-23-24-25-35-38-41-45-48-52-56-60-64-68-72-76-80-86(91)85(84-90)89-87(92)81-77-73-69-65-61-57-53-49-46-42-39-36-33-31-29-27-26-28-30-32-34-37-40-43-47-51-55-59-63-67-71-75-79-83-94-88(93)82-78-74-70-66-62-58-54-50-44-22-20-18-16-14-12-10-8-6-4-2/h12,14,18,20,76,80,85-86,90-91H,3-11,13,15-17,19,21-75,77-79,81-84H2,1-2H3,(H,89,92)/b14-12-,20-18-,80-76+. The summed E-state index contributed by atoms with van der Waals surface area (Å²) in [6.07, 6.45) is 110. The summed E-state index contributed by atoms with van der Waals surface area (Å²) in [4.78, 5) is 24.7. The summed E-state index contributed by atoms with van der Waals surface area (Å²) in [5, 5.41) is 23.3. The highest BCUT2D eigenvalue weighted by Gasteiger charge is 2.18. The molecule has 0 heterocycles. The van der Waals surface area contributed by atoms with Crippen LogP contribution in [0.25, 0.3) is 0 Å². The van der Waals surface area contributed by atoms with Gasteiger partial charge in [0, 0.05) is 12.8 Å². The van der Waals surface area contributed by atoms with Crippen LogP contribution in [0.2, 0.25) is 0 Å². The van der Waals surface area contributed by atoms with Crippen molar-refractivity contribution >= 4 is 11.9 Å². The molecule has 2 atom stereocenters. The van der Waals surface area contributed by atoms with Gasteiger partial charge in [0.2, 0.25) is 5.91 Å². The number of carbonyl (C=O) groups is 2. The van der Waals surface area contributed by atoms with E-state index in [1.165, 1.54) is 411 Å². The van der Waals surface area contributed by atoms with E-state index in [1.807, 2.05) is 6.08 Å². The molecule has 0 saturated heterocycles. The smallest absolute Gasteiger partial charge is 0.305 e. The molecule has 2 unspecified atom stereocenters. The van der Waals surface area contributed by atoms with Gasteiger partial charge in [-0.05, 0) is 64.2 Å². The van der Waals surface area contributed by atoms with Crippen LogP contribution in [-0.4, -0.2) is 47.4 Å². The Hall–Kier alpha value is -1.92. The first-order valence-electron chi connectivity index (χ1n) is 43.3. The monoisotopic (exact) mass is 1320 g/mol. The number of aliphatic hydroxyl groups is 2. The third-order valence-corrected chi connectivity index (χ3v) is 20.4. The Morgan fingerprint density at radius 3 is 0.830 bits per heavy atom. The fraction of sp³-hybridized carbons (Fsp3) is 0.909. The lowest BCUT2D eigenvalue weighted by Gasteiger charge is -2.20. The molecule has 0 aliphatic carbocycles. The maximum atomic E-state index is 12.6. The van der Waals surface area contributed by atoms with Crippen LogP contribution in [0.5, 0.6) is 0 Å². The second kappa shape index (κ2) is 83.5. The molecule has 0 aromatic rings. The Morgan fingerprint density at radius 1 is 0.298 bits per heavy atom. The van der Waals surface area contributed by atoms with Crippen LogP contribution in [0.3, 0.4) is 0 Å². The van der Waals surface area contributed by atoms with Crippen molar-refractivity contribution in [2.75, 3.05) is 13.2 Å². The summed E-state index contributed by atoms with van der Waals surface area (Å²) in [6.45, 7) is 4.94. The topological polar surface area (TPSA) is 95.9 Å². The van der Waals surface area contributed by atoms with E-state index in [0.717, 1.165) is 51.4 Å². The van der Waals surface area contributed by atoms with Gasteiger partial charge in [-0.3, -0.25) is 9.59 Å². The fourth-order valence-electron chi connectivity index (χ4n) is 13.8. The number of hydrogen-bond donors (Lipinski definition) is 3. The van der Waals surface area contributed by atoms with E-state index in [4.69, 9.17) is 4.74 Å². The Morgan fingerprint density at radius 2 is 0.532 bits per heavy atom. The molecule has 0 saturated carbocycles. The molecule has 556 valence electrons. The second-order valence-corrected chi connectivity index (χ2v) is 29.9. The zero-order valence-corrected chi connectivity index (χ0v) is 64.0. The summed E-state index contributed by atoms with van der Waals surface area (Å²) in [5.74, 6) is -0.0388. The van der Waals surface area contributed by atoms with Gasteiger partial charge in [-0.2, -0.15) is 0 Å². The first-order valence-corrected chi connectivity index (χ1v) is 43.3. The molecule has 0 aromatic carbocycles. The molecule has 6 nitrogen and oxygen atoms in total. The lowest BCUT2D eigenvalue weighted by atomic mass is 10.0. The molecule has 0 bridgehead atoms. The van der Waals surface area contributed by atoms with Crippen LogP contribution in [-0.2, 0) is 14.3 Å². The number of allylic oxidation sites excluding steroid dienone is 5. The van der Waals surface area contributed by atoms with Gasteiger partial charge in [-0.15, -0.1) is 0 Å². The summed E-state index contributed by atoms with van der Waals surface area (Å²) < 4.78 is 5.52. The number of carbonyl (C=O) groups excluding carboxylic acids is 2. The fourth-order valence-corrected chi connectivity index (χ4v) is 13.8. The highest BCUT2D eigenvalue weighted by atomic mass is 16.5. The molecule has 0 aliphatic rings. The molecule has 0 aromatic heterocycles. The van der Waals surface area contributed by atoms with Crippen molar-refractivity contribution in [1.29, 1.82) is 0 Å². The molecule has 0 radical (unpaired) electrons. The molecular formula is C88H169NO5. The minimum atomic E-state index is -0.843. The maximum Gasteiger partial charge on any atom is 0.305 e. The zero-order chi connectivity index (χ0) is 67.7. The van der Waals surface area contributed by atoms with Gasteiger partial charge in [0.15, 0.2) is 0 Å². The number of esters is 1. The van der Waals surface area contributed by atoms with Gasteiger partial charge >= 0.3 is 5.97 Å². The Labute approximate surface area is 589 Å². The Balaban J connectivity index is 3.34. The van der Waals surface area contributed by atoms with Gasteiger partial charge in [0.25, 0.3) is 0 Å². The van der Waals surface area contributed by atoms with Gasteiger partial charge in [-0.1, -0.05) is 448 Å². The van der Waals surface area contributed by atoms with Gasteiger partial charge in [0.05, 0.1) is 25.4 Å². The first kappa shape index (κ1) is 92.1. The first-order chi connectivity index (χ1) is 46.5. The maximum absolute atomic E-state index is 12.6. The van der Waals surface area contributed by atoms with Crippen molar-refractivity contribution in [3.63, 3.8) is 0 Å². The van der Waals surface area contributed by atoms with E-state index in [9.17, 15) is 19.8 Å². The highest BCUT2D eigenvalue weighted by molar-refractivity contribution is 5.76. The number of ether oxygens (including phenoxy) is 1. The largest absolute Gasteiger partial charge is 0.466 e. The molecule has 94 heavy (non-hydrogen) atoms.